The van der Waals surface area contributed by atoms with Gasteiger partial charge in [-0.3, -0.25) is 4.79 Å². The van der Waals surface area contributed by atoms with E-state index in [4.69, 9.17) is 5.11 Å². The van der Waals surface area contributed by atoms with Crippen LogP contribution in [-0.2, 0) is 18.4 Å². The Bertz CT molecular complexity index is 575. The van der Waals surface area contributed by atoms with Crippen molar-refractivity contribution in [2.45, 2.75) is 19.9 Å². The minimum Gasteiger partial charge on any atom is -0.481 e. The molecule has 4 nitrogen and oxygen atoms in total. The number of para-hydroxylation sites is 1. The number of aromatic nitrogens is 1. The molecular weight excluding hydrogens is 240 g/mol. The third-order valence-electron chi connectivity index (χ3n) is 3.47. The predicted octanol–water partition coefficient (Wildman–Crippen LogP) is 2.38. The molecule has 1 unspecified atom stereocenters. The molecule has 0 aliphatic carbocycles. The van der Waals surface area contributed by atoms with E-state index in [9.17, 15) is 4.79 Å². The summed E-state index contributed by atoms with van der Waals surface area (Å²) in [6.45, 7) is 3.23. The molecule has 19 heavy (non-hydrogen) atoms. The van der Waals surface area contributed by atoms with Gasteiger partial charge < -0.3 is 15.0 Å². The van der Waals surface area contributed by atoms with E-state index < -0.39 is 5.97 Å². The standard InChI is InChI=1S/C15H20N2O2/c1-11(15(18)19)7-8-16-9-12-10-17(2)14-6-4-3-5-13(12)14/h3-6,10-11,16H,7-9H2,1-2H3,(H,18,19). The molecule has 2 rings (SSSR count). The number of aryl methyl sites for hydroxylation is 1. The van der Waals surface area contributed by atoms with Crippen LogP contribution in [0, 0.1) is 5.92 Å². The summed E-state index contributed by atoms with van der Waals surface area (Å²) in [5, 5.41) is 13.4. The molecule has 2 N–H and O–H groups in total. The van der Waals surface area contributed by atoms with Crippen LogP contribution in [-0.4, -0.2) is 22.2 Å². The van der Waals surface area contributed by atoms with Gasteiger partial charge in [-0.25, -0.2) is 0 Å². The average molecular weight is 260 g/mol. The Kier molecular flexibility index (Phi) is 4.22. The number of benzene rings is 1. The van der Waals surface area contributed by atoms with Crippen LogP contribution in [0.15, 0.2) is 30.5 Å². The number of nitrogens with one attached hydrogen (secondary N) is 1. The monoisotopic (exact) mass is 260 g/mol. The fraction of sp³-hybridized carbons (Fsp3) is 0.400. The summed E-state index contributed by atoms with van der Waals surface area (Å²) in [4.78, 5) is 10.7. The molecule has 0 aliphatic heterocycles. The molecule has 0 fully saturated rings. The van der Waals surface area contributed by atoms with Gasteiger partial charge in [0.2, 0.25) is 0 Å². The van der Waals surface area contributed by atoms with Crippen molar-refractivity contribution in [1.82, 2.24) is 9.88 Å². The third-order valence-corrected chi connectivity index (χ3v) is 3.47. The van der Waals surface area contributed by atoms with Crippen molar-refractivity contribution in [3.05, 3.63) is 36.0 Å². The van der Waals surface area contributed by atoms with Gasteiger partial charge in [-0.1, -0.05) is 25.1 Å². The van der Waals surface area contributed by atoms with Gasteiger partial charge in [0.05, 0.1) is 5.92 Å². The van der Waals surface area contributed by atoms with Gasteiger partial charge >= 0.3 is 5.97 Å². The van der Waals surface area contributed by atoms with Gasteiger partial charge in [0.1, 0.15) is 0 Å². The summed E-state index contributed by atoms with van der Waals surface area (Å²) in [5.41, 5.74) is 2.47. The van der Waals surface area contributed by atoms with Crippen LogP contribution in [0.1, 0.15) is 18.9 Å². The number of hydrogen-bond donors (Lipinski definition) is 2. The van der Waals surface area contributed by atoms with Crippen LogP contribution in [0.25, 0.3) is 10.9 Å². The minimum atomic E-state index is -0.730. The summed E-state index contributed by atoms with van der Waals surface area (Å²) in [6.07, 6.45) is 2.78. The lowest BCUT2D eigenvalue weighted by atomic mass is 10.1. The number of aliphatic carboxylic acids is 1. The quantitative estimate of drug-likeness (QED) is 0.784. The van der Waals surface area contributed by atoms with E-state index in [0.29, 0.717) is 6.42 Å². The molecule has 2 aromatic rings. The number of fused-ring (bicyclic) bond motifs is 1. The van der Waals surface area contributed by atoms with E-state index in [1.807, 2.05) is 19.2 Å². The van der Waals surface area contributed by atoms with Crippen LogP contribution >= 0.6 is 0 Å². The third kappa shape index (κ3) is 3.15. The zero-order chi connectivity index (χ0) is 13.8. The Morgan fingerprint density at radius 2 is 2.16 bits per heavy atom. The summed E-state index contributed by atoms with van der Waals surface area (Å²) >= 11 is 0. The van der Waals surface area contributed by atoms with Crippen molar-refractivity contribution >= 4 is 16.9 Å². The number of carboxylic acid groups (broad SMARTS) is 1. The smallest absolute Gasteiger partial charge is 0.306 e. The summed E-state index contributed by atoms with van der Waals surface area (Å²) < 4.78 is 2.12. The van der Waals surface area contributed by atoms with Gasteiger partial charge in [-0.05, 0) is 24.6 Å². The molecule has 4 heteroatoms. The molecule has 1 heterocycles. The van der Waals surface area contributed by atoms with Gasteiger partial charge in [0.15, 0.2) is 0 Å². The molecule has 1 aromatic carbocycles. The Labute approximate surface area is 113 Å². The Morgan fingerprint density at radius 1 is 1.42 bits per heavy atom. The van der Waals surface area contributed by atoms with Gasteiger partial charge in [0.25, 0.3) is 0 Å². The minimum absolute atomic E-state index is 0.292. The predicted molar refractivity (Wildman–Crippen MR) is 76.0 cm³/mol. The second kappa shape index (κ2) is 5.89. The molecule has 102 valence electrons. The number of carbonyl (C=O) groups is 1. The van der Waals surface area contributed by atoms with Crippen molar-refractivity contribution in [3.63, 3.8) is 0 Å². The van der Waals surface area contributed by atoms with Crippen LogP contribution in [0.2, 0.25) is 0 Å². The second-order valence-electron chi connectivity index (χ2n) is 4.99. The molecule has 1 aromatic heterocycles. The van der Waals surface area contributed by atoms with Crippen LogP contribution < -0.4 is 5.32 Å². The maximum absolute atomic E-state index is 10.7. The number of nitrogens with zero attached hydrogens (tertiary/aromatic N) is 1. The number of carboxylic acids is 1. The van der Waals surface area contributed by atoms with Gasteiger partial charge in [-0.15, -0.1) is 0 Å². The maximum Gasteiger partial charge on any atom is 0.306 e. The largest absolute Gasteiger partial charge is 0.481 e. The zero-order valence-electron chi connectivity index (χ0n) is 11.4. The molecule has 0 bridgehead atoms. The van der Waals surface area contributed by atoms with Crippen molar-refractivity contribution in [2.24, 2.45) is 13.0 Å². The van der Waals surface area contributed by atoms with Crippen LogP contribution in [0.5, 0.6) is 0 Å². The van der Waals surface area contributed by atoms with E-state index >= 15 is 0 Å². The molecule has 0 amide bonds. The second-order valence-corrected chi connectivity index (χ2v) is 4.99. The number of rotatable bonds is 6. The number of hydrogen-bond acceptors (Lipinski definition) is 2. The summed E-state index contributed by atoms with van der Waals surface area (Å²) in [5.74, 6) is -1.02. The zero-order valence-corrected chi connectivity index (χ0v) is 11.4. The maximum atomic E-state index is 10.7. The lowest BCUT2D eigenvalue weighted by molar-refractivity contribution is -0.141. The van der Waals surface area contributed by atoms with E-state index in [1.54, 1.807) is 6.92 Å². The summed E-state index contributed by atoms with van der Waals surface area (Å²) in [6, 6.07) is 8.30. The molecule has 0 aliphatic rings. The Morgan fingerprint density at radius 3 is 2.89 bits per heavy atom. The highest BCUT2D eigenvalue weighted by Crippen LogP contribution is 2.19. The first-order valence-corrected chi connectivity index (χ1v) is 6.56. The first-order valence-electron chi connectivity index (χ1n) is 6.56. The molecule has 1 atom stereocenters. The topological polar surface area (TPSA) is 54.3 Å². The van der Waals surface area contributed by atoms with Crippen molar-refractivity contribution in [2.75, 3.05) is 6.54 Å². The molecule has 0 saturated heterocycles. The molecule has 0 saturated carbocycles. The first kappa shape index (κ1) is 13.6. The first-order chi connectivity index (χ1) is 9.09. The van der Waals surface area contributed by atoms with Gasteiger partial charge in [0, 0.05) is 30.7 Å². The SMILES string of the molecule is CC(CCNCc1cn(C)c2ccccc12)C(=O)O. The Balaban J connectivity index is 1.93. The van der Waals surface area contributed by atoms with E-state index in [0.717, 1.165) is 13.1 Å². The molecular formula is C15H20N2O2. The highest BCUT2D eigenvalue weighted by Gasteiger charge is 2.10. The highest BCUT2D eigenvalue weighted by molar-refractivity contribution is 5.83. The van der Waals surface area contributed by atoms with E-state index in [-0.39, 0.29) is 5.92 Å². The van der Waals surface area contributed by atoms with E-state index in [1.165, 1.54) is 16.5 Å². The molecule has 0 spiro atoms. The van der Waals surface area contributed by atoms with E-state index in [2.05, 4.69) is 28.2 Å². The van der Waals surface area contributed by atoms with Crippen molar-refractivity contribution < 1.29 is 9.90 Å². The lowest BCUT2D eigenvalue weighted by Crippen LogP contribution is -2.20. The average Bonchev–Trinajstić information content (AvgIpc) is 2.72. The van der Waals surface area contributed by atoms with Gasteiger partial charge in [-0.2, -0.15) is 0 Å². The van der Waals surface area contributed by atoms with Crippen molar-refractivity contribution in [1.29, 1.82) is 0 Å². The Hall–Kier alpha value is -1.81. The van der Waals surface area contributed by atoms with Crippen LogP contribution in [0.4, 0.5) is 0 Å². The molecule has 0 radical (unpaired) electrons. The van der Waals surface area contributed by atoms with Crippen LogP contribution in [0.3, 0.4) is 0 Å². The fourth-order valence-corrected chi connectivity index (χ4v) is 2.23. The highest BCUT2D eigenvalue weighted by atomic mass is 16.4. The fourth-order valence-electron chi connectivity index (χ4n) is 2.23. The van der Waals surface area contributed by atoms with Crippen molar-refractivity contribution in [3.8, 4) is 0 Å². The summed E-state index contributed by atoms with van der Waals surface area (Å²) in [7, 11) is 2.04. The normalized spacial score (nSPS) is 12.7. The lowest BCUT2D eigenvalue weighted by Gasteiger charge is -2.07.